The van der Waals surface area contributed by atoms with Crippen LogP contribution in [0.1, 0.15) is 31.2 Å². The summed E-state index contributed by atoms with van der Waals surface area (Å²) in [5.41, 5.74) is 0.600. The van der Waals surface area contributed by atoms with Crippen molar-refractivity contribution in [3.8, 4) is 6.07 Å². The number of allylic oxidation sites excluding steroid dienone is 2. The second kappa shape index (κ2) is 7.28. The second-order valence-electron chi connectivity index (χ2n) is 6.18. The molecule has 5 nitrogen and oxygen atoms in total. The van der Waals surface area contributed by atoms with Gasteiger partial charge in [-0.15, -0.1) is 0 Å². The Labute approximate surface area is 137 Å². The van der Waals surface area contributed by atoms with Crippen LogP contribution < -0.4 is 4.90 Å². The minimum Gasteiger partial charge on any atom is -0.354 e. The van der Waals surface area contributed by atoms with Crippen LogP contribution in [0.25, 0.3) is 0 Å². The number of nitriles is 1. The number of carbonyl (C=O) groups excluding carboxylic acids is 1. The van der Waals surface area contributed by atoms with Crippen molar-refractivity contribution in [2.24, 2.45) is 5.92 Å². The Kier molecular flexibility index (Phi) is 4.92. The maximum Gasteiger partial charge on any atom is 0.223 e. The van der Waals surface area contributed by atoms with Crippen molar-refractivity contribution in [1.29, 1.82) is 5.26 Å². The molecular formula is C18H22N4O. The second-order valence-corrected chi connectivity index (χ2v) is 6.18. The molecule has 1 aromatic heterocycles. The van der Waals surface area contributed by atoms with Crippen LogP contribution in [-0.4, -0.2) is 42.0 Å². The third-order valence-corrected chi connectivity index (χ3v) is 4.60. The quantitative estimate of drug-likeness (QED) is 0.804. The lowest BCUT2D eigenvalue weighted by Gasteiger charge is -2.24. The molecule has 0 unspecified atom stereocenters. The monoisotopic (exact) mass is 310 g/mol. The van der Waals surface area contributed by atoms with Gasteiger partial charge in [0.05, 0.1) is 5.56 Å². The number of anilines is 1. The average Bonchev–Trinajstić information content (AvgIpc) is 2.96. The molecule has 1 aliphatic carbocycles. The molecule has 1 saturated heterocycles. The van der Waals surface area contributed by atoms with Crippen molar-refractivity contribution in [3.63, 3.8) is 0 Å². The van der Waals surface area contributed by atoms with E-state index < -0.39 is 0 Å². The average molecular weight is 310 g/mol. The molecule has 1 atom stereocenters. The van der Waals surface area contributed by atoms with Gasteiger partial charge in [0, 0.05) is 38.8 Å². The van der Waals surface area contributed by atoms with Crippen LogP contribution in [0, 0.1) is 17.2 Å². The summed E-state index contributed by atoms with van der Waals surface area (Å²) in [6.07, 6.45) is 9.81. The molecular weight excluding hydrogens is 288 g/mol. The third kappa shape index (κ3) is 3.70. The van der Waals surface area contributed by atoms with Gasteiger partial charge in [0.15, 0.2) is 0 Å². The van der Waals surface area contributed by atoms with E-state index in [0.29, 0.717) is 24.4 Å². The zero-order valence-electron chi connectivity index (χ0n) is 13.3. The Morgan fingerprint density at radius 1 is 1.35 bits per heavy atom. The summed E-state index contributed by atoms with van der Waals surface area (Å²) in [5, 5.41) is 9.23. The first-order chi connectivity index (χ1) is 11.3. The van der Waals surface area contributed by atoms with Crippen molar-refractivity contribution in [1.82, 2.24) is 9.88 Å². The van der Waals surface area contributed by atoms with Crippen LogP contribution in [0.5, 0.6) is 0 Å². The maximum atomic E-state index is 12.5. The summed E-state index contributed by atoms with van der Waals surface area (Å²) >= 11 is 0. The SMILES string of the molecule is N#Cc1cccnc1N1CCCN(C(=O)C[C@H]2C=CCC2)CC1. The molecule has 0 aromatic carbocycles. The van der Waals surface area contributed by atoms with E-state index in [2.05, 4.69) is 28.1 Å². The molecule has 2 aliphatic rings. The molecule has 5 heteroatoms. The number of hydrogen-bond donors (Lipinski definition) is 0. The van der Waals surface area contributed by atoms with Crippen LogP contribution in [0.3, 0.4) is 0 Å². The van der Waals surface area contributed by atoms with Crippen molar-refractivity contribution < 1.29 is 4.79 Å². The van der Waals surface area contributed by atoms with E-state index >= 15 is 0 Å². The van der Waals surface area contributed by atoms with E-state index in [-0.39, 0.29) is 5.91 Å². The van der Waals surface area contributed by atoms with E-state index in [0.717, 1.165) is 44.7 Å². The van der Waals surface area contributed by atoms with Gasteiger partial charge in [0.1, 0.15) is 11.9 Å². The molecule has 0 bridgehead atoms. The number of nitrogens with zero attached hydrogens (tertiary/aromatic N) is 4. The van der Waals surface area contributed by atoms with Crippen LogP contribution in [0.15, 0.2) is 30.5 Å². The van der Waals surface area contributed by atoms with Crippen molar-refractivity contribution in [2.75, 3.05) is 31.1 Å². The molecule has 23 heavy (non-hydrogen) atoms. The molecule has 0 radical (unpaired) electrons. The highest BCUT2D eigenvalue weighted by molar-refractivity contribution is 5.77. The van der Waals surface area contributed by atoms with E-state index in [1.165, 1.54) is 0 Å². The summed E-state index contributed by atoms with van der Waals surface area (Å²) < 4.78 is 0. The van der Waals surface area contributed by atoms with E-state index in [9.17, 15) is 10.1 Å². The summed E-state index contributed by atoms with van der Waals surface area (Å²) in [6.45, 7) is 3.06. The van der Waals surface area contributed by atoms with E-state index in [4.69, 9.17) is 0 Å². The lowest BCUT2D eigenvalue weighted by Crippen LogP contribution is -2.36. The lowest BCUT2D eigenvalue weighted by atomic mass is 10.0. The zero-order valence-corrected chi connectivity index (χ0v) is 13.3. The fourth-order valence-corrected chi connectivity index (χ4v) is 3.33. The number of amides is 1. The fraction of sp³-hybridized carbons (Fsp3) is 0.500. The summed E-state index contributed by atoms with van der Waals surface area (Å²) in [5.74, 6) is 1.41. The number of aromatic nitrogens is 1. The minimum atomic E-state index is 0.255. The number of pyridine rings is 1. The van der Waals surface area contributed by atoms with E-state index in [1.54, 1.807) is 18.3 Å². The first-order valence-electron chi connectivity index (χ1n) is 8.32. The number of carbonyl (C=O) groups is 1. The Hall–Kier alpha value is -2.35. The smallest absolute Gasteiger partial charge is 0.223 e. The first kappa shape index (κ1) is 15.5. The van der Waals surface area contributed by atoms with Crippen molar-refractivity contribution in [3.05, 3.63) is 36.0 Å². The zero-order chi connectivity index (χ0) is 16.1. The highest BCUT2D eigenvalue weighted by Crippen LogP contribution is 2.22. The van der Waals surface area contributed by atoms with E-state index in [1.807, 2.05) is 4.90 Å². The third-order valence-electron chi connectivity index (χ3n) is 4.60. The highest BCUT2D eigenvalue weighted by Gasteiger charge is 2.23. The Morgan fingerprint density at radius 2 is 2.26 bits per heavy atom. The predicted octanol–water partition coefficient (Wildman–Crippen LogP) is 2.35. The van der Waals surface area contributed by atoms with Gasteiger partial charge in [-0.1, -0.05) is 12.2 Å². The van der Waals surface area contributed by atoms with Crippen LogP contribution in [0.2, 0.25) is 0 Å². The van der Waals surface area contributed by atoms with Gasteiger partial charge in [-0.2, -0.15) is 5.26 Å². The Balaban J connectivity index is 1.62. The highest BCUT2D eigenvalue weighted by atomic mass is 16.2. The Bertz CT molecular complexity index is 634. The normalized spacial score (nSPS) is 21.1. The molecule has 1 fully saturated rings. The van der Waals surface area contributed by atoms with Gasteiger partial charge in [-0.3, -0.25) is 4.79 Å². The molecule has 0 saturated carbocycles. The van der Waals surface area contributed by atoms with Gasteiger partial charge in [-0.05, 0) is 37.3 Å². The van der Waals surface area contributed by atoms with Gasteiger partial charge in [0.25, 0.3) is 0 Å². The lowest BCUT2D eigenvalue weighted by molar-refractivity contribution is -0.131. The summed E-state index contributed by atoms with van der Waals surface area (Å²) in [4.78, 5) is 20.9. The van der Waals surface area contributed by atoms with Crippen molar-refractivity contribution in [2.45, 2.75) is 25.7 Å². The fourth-order valence-electron chi connectivity index (χ4n) is 3.33. The van der Waals surface area contributed by atoms with Gasteiger partial charge in [-0.25, -0.2) is 4.98 Å². The van der Waals surface area contributed by atoms with Crippen LogP contribution in [-0.2, 0) is 4.79 Å². The number of rotatable bonds is 3. The van der Waals surface area contributed by atoms with Crippen LogP contribution in [0.4, 0.5) is 5.82 Å². The van der Waals surface area contributed by atoms with Crippen LogP contribution >= 0.6 is 0 Å². The molecule has 120 valence electrons. The standard InChI is InChI=1S/C18H22N4O/c19-14-16-7-3-8-20-18(16)22-10-4-9-21(11-12-22)17(23)13-15-5-1-2-6-15/h1,3,5,7-8,15H,2,4,6,9-13H2/t15-/m0/s1. The largest absolute Gasteiger partial charge is 0.354 e. The molecule has 1 amide bonds. The first-order valence-corrected chi connectivity index (χ1v) is 8.32. The number of hydrogen-bond acceptors (Lipinski definition) is 4. The predicted molar refractivity (Wildman–Crippen MR) is 88.8 cm³/mol. The minimum absolute atomic E-state index is 0.255. The van der Waals surface area contributed by atoms with Crippen molar-refractivity contribution >= 4 is 11.7 Å². The topological polar surface area (TPSA) is 60.2 Å². The molecule has 1 aliphatic heterocycles. The summed E-state index contributed by atoms with van der Waals surface area (Å²) in [7, 11) is 0. The molecule has 3 rings (SSSR count). The maximum absolute atomic E-state index is 12.5. The summed E-state index contributed by atoms with van der Waals surface area (Å²) in [6, 6.07) is 5.78. The molecule has 0 N–H and O–H groups in total. The van der Waals surface area contributed by atoms with Gasteiger partial charge < -0.3 is 9.80 Å². The Morgan fingerprint density at radius 3 is 3.04 bits per heavy atom. The van der Waals surface area contributed by atoms with Gasteiger partial charge in [0.2, 0.25) is 5.91 Å². The molecule has 1 aromatic rings. The molecule has 2 heterocycles. The van der Waals surface area contributed by atoms with Gasteiger partial charge >= 0.3 is 0 Å². The molecule has 0 spiro atoms.